The maximum Gasteiger partial charge on any atom is 0.0714 e. The first-order valence-electron chi connectivity index (χ1n) is 49.5. The molecule has 0 aliphatic heterocycles. The summed E-state index contributed by atoms with van der Waals surface area (Å²) in [6.07, 6.45) is 0. The van der Waals surface area contributed by atoms with Gasteiger partial charge in [0.2, 0.25) is 0 Å². The average molecular weight is 1910 g/mol. The minimum Gasteiger partial charge on any atom is -0.310 e. The van der Waals surface area contributed by atoms with Crippen molar-refractivity contribution in [2.75, 3.05) is 9.80 Å². The summed E-state index contributed by atoms with van der Waals surface area (Å²) in [5.74, 6) is 0. The second-order valence-electron chi connectivity index (χ2n) is 38.8. The van der Waals surface area contributed by atoms with Gasteiger partial charge in [0.05, 0.1) is 27.5 Å². The number of rotatable bonds is 14. The van der Waals surface area contributed by atoms with Gasteiger partial charge in [-0.1, -0.05) is 354 Å². The van der Waals surface area contributed by atoms with E-state index in [1.165, 1.54) is 236 Å². The number of fused-ring (bicyclic) bond motifs is 26. The predicted octanol–water partition coefficient (Wildman–Crippen LogP) is 39.3. The SMILES string of the molecule is CC1(C)c2ccccc2-c2ccc(N(c3ccc(-c4ccccc4)cc3)c3cccc(-c4cc5c6ccccc6n(-c6ccc7sc8ccccc8c7c6)c5c5c4sc4ccccc45)c3)cc21.c1ccc(-c2ccc(N(c3cccc(-c4cc5c6ccccc6n(-c6ccc7sc8ccccc8c7c6)c5c5c4sc4ccccc45)c3)c3ccc4c(c3)C(c3ccccc3)(c3ccccc3)c3ccccc3-4)cc2)cc1. The van der Waals surface area contributed by atoms with Crippen LogP contribution in [-0.2, 0) is 10.8 Å². The smallest absolute Gasteiger partial charge is 0.0714 e. The highest BCUT2D eigenvalue weighted by atomic mass is 32.1. The number of anilines is 6. The average Bonchev–Trinajstić information content (AvgIpc) is 1.55. The molecule has 0 spiro atoms. The summed E-state index contributed by atoms with van der Waals surface area (Å²) in [7, 11) is 0. The molecule has 2 aliphatic rings. The minimum atomic E-state index is -0.542. The van der Waals surface area contributed by atoms with Crippen LogP contribution in [0.4, 0.5) is 34.1 Å². The van der Waals surface area contributed by atoms with Crippen LogP contribution in [0.1, 0.15) is 47.2 Å². The minimum absolute atomic E-state index is 0.128. The van der Waals surface area contributed by atoms with E-state index in [2.05, 4.69) is 530 Å². The zero-order valence-corrected chi connectivity index (χ0v) is 82.0. The highest BCUT2D eigenvalue weighted by Crippen LogP contribution is 2.60. The first-order valence-corrected chi connectivity index (χ1v) is 52.7. The summed E-state index contributed by atoms with van der Waals surface area (Å²) in [6.45, 7) is 4.74. The molecule has 4 nitrogen and oxygen atoms in total. The van der Waals surface area contributed by atoms with Crippen LogP contribution < -0.4 is 9.80 Å². The van der Waals surface area contributed by atoms with Crippen LogP contribution >= 0.6 is 45.3 Å². The Kier molecular flexibility index (Phi) is 19.4. The fourth-order valence-electron chi connectivity index (χ4n) is 24.1. The molecular weight excluding hydrogens is 1820 g/mol. The lowest BCUT2D eigenvalue weighted by Crippen LogP contribution is -2.28. The van der Waals surface area contributed by atoms with Crippen LogP contribution in [0, 0.1) is 0 Å². The fraction of sp³-hybridized carbons (Fsp3) is 0.0294. The Balaban J connectivity index is 0.000000138. The molecule has 0 amide bonds. The van der Waals surface area contributed by atoms with Crippen molar-refractivity contribution in [3.63, 3.8) is 0 Å². The van der Waals surface area contributed by atoms with Gasteiger partial charge in [-0.3, -0.25) is 0 Å². The number of benzene rings is 22. The van der Waals surface area contributed by atoms with Gasteiger partial charge in [0.1, 0.15) is 0 Å². The molecular formula is C136H88N4S4. The summed E-state index contributed by atoms with van der Waals surface area (Å²) in [5, 5.41) is 15.4. The standard InChI is InChI=1S/C73H46N2S2.C63H42N2S2/c1-4-19-47(20-5-1)48-35-37-52(38-36-48)74(55-39-41-57-56-27-10-14-31-64(56)73(65(57)45-55,50-22-6-2-7-23-50)51-24-8-3-9-25-51)53-26-18-21-49(43-53)61-46-63-58-28-11-15-32-66(58)75(71(63)70-60-30-13-17-34-68(60)77-72(61)70)54-40-42-69-62(44-54)59-29-12-16-33-67(59)76-69;1-63(2)54-23-10-6-19-46(54)47-33-31-45(37-55(47)63)64(42-29-27-40(28-30-42)39-15-4-3-5-16-39)43-18-14-17-41(35-43)51-38-53-48-20-7-11-24-56(48)65(61(53)60-50-22-9-13-26-58(50)67-62(51)60)44-32-34-59-52(36-44)49-21-8-12-25-57(49)66-59/h1-46H;3-38H,1-2H3. The van der Waals surface area contributed by atoms with Gasteiger partial charge in [0.15, 0.2) is 0 Å². The highest BCUT2D eigenvalue weighted by molar-refractivity contribution is 7.27. The monoisotopic (exact) mass is 1900 g/mol. The van der Waals surface area contributed by atoms with Crippen LogP contribution in [0.25, 0.3) is 202 Å². The van der Waals surface area contributed by atoms with Gasteiger partial charge in [0, 0.05) is 164 Å². The number of aromatic nitrogens is 2. The lowest BCUT2D eigenvalue weighted by Gasteiger charge is -2.35. The van der Waals surface area contributed by atoms with Crippen molar-refractivity contribution in [1.82, 2.24) is 9.13 Å². The van der Waals surface area contributed by atoms with Gasteiger partial charge in [-0.25, -0.2) is 0 Å². The van der Waals surface area contributed by atoms with Crippen LogP contribution in [0.2, 0.25) is 0 Å². The van der Waals surface area contributed by atoms with Gasteiger partial charge >= 0.3 is 0 Å². The molecule has 0 saturated heterocycles. The largest absolute Gasteiger partial charge is 0.310 e. The van der Waals surface area contributed by atoms with Gasteiger partial charge in [-0.15, -0.1) is 45.3 Å². The summed E-state index contributed by atoms with van der Waals surface area (Å²) in [4.78, 5) is 4.92. The van der Waals surface area contributed by atoms with Crippen molar-refractivity contribution >= 4 is 204 Å². The molecule has 0 fully saturated rings. The molecule has 2 aliphatic carbocycles. The third-order valence-electron chi connectivity index (χ3n) is 30.6. The van der Waals surface area contributed by atoms with Crippen LogP contribution in [0.5, 0.6) is 0 Å². The predicted molar refractivity (Wildman–Crippen MR) is 619 cm³/mol. The van der Waals surface area contributed by atoms with E-state index in [0.717, 1.165) is 34.1 Å². The van der Waals surface area contributed by atoms with E-state index in [0.29, 0.717) is 0 Å². The van der Waals surface area contributed by atoms with E-state index < -0.39 is 5.41 Å². The molecule has 0 radical (unpaired) electrons. The third kappa shape index (κ3) is 13.1. The Bertz CT molecular complexity index is 10000. The molecule has 0 unspecified atom stereocenters. The Hall–Kier alpha value is -17.1. The van der Waals surface area contributed by atoms with E-state index in [4.69, 9.17) is 0 Å². The fourth-order valence-corrected chi connectivity index (χ4v) is 28.8. The summed E-state index contributed by atoms with van der Waals surface area (Å²) < 4.78 is 15.5. The summed E-state index contributed by atoms with van der Waals surface area (Å²) >= 11 is 7.55. The lowest BCUT2D eigenvalue weighted by atomic mass is 9.67. The zero-order valence-electron chi connectivity index (χ0n) is 78.8. The van der Waals surface area contributed by atoms with Gasteiger partial charge < -0.3 is 18.9 Å². The molecule has 8 heteroatoms. The first kappa shape index (κ1) is 83.9. The molecule has 30 rings (SSSR count). The summed E-state index contributed by atoms with van der Waals surface area (Å²) in [5.41, 5.74) is 35.9. The van der Waals surface area contributed by atoms with Crippen molar-refractivity contribution in [3.05, 3.63) is 531 Å². The first-order chi connectivity index (χ1) is 71.2. The summed E-state index contributed by atoms with van der Waals surface area (Å²) in [6, 6.07) is 185. The molecule has 0 N–H and O–H groups in total. The molecule has 6 aromatic heterocycles. The van der Waals surface area contributed by atoms with Crippen molar-refractivity contribution in [3.8, 4) is 78.1 Å². The van der Waals surface area contributed by atoms with Crippen molar-refractivity contribution < 1.29 is 0 Å². The van der Waals surface area contributed by atoms with Crippen molar-refractivity contribution in [2.24, 2.45) is 0 Å². The second kappa shape index (κ2) is 33.3. The number of para-hydroxylation sites is 2. The van der Waals surface area contributed by atoms with E-state index in [9.17, 15) is 0 Å². The molecule has 0 saturated carbocycles. The maximum absolute atomic E-state index is 2.54. The number of nitrogens with zero attached hydrogens (tertiary/aromatic N) is 4. The van der Waals surface area contributed by atoms with Gasteiger partial charge in [-0.2, -0.15) is 0 Å². The maximum atomic E-state index is 2.54. The van der Waals surface area contributed by atoms with Crippen LogP contribution in [0.15, 0.2) is 497 Å². The van der Waals surface area contributed by atoms with Crippen LogP contribution in [0.3, 0.4) is 0 Å². The molecule has 144 heavy (non-hydrogen) atoms. The molecule has 28 aromatic rings. The van der Waals surface area contributed by atoms with E-state index in [1.807, 2.05) is 45.3 Å². The Morgan fingerprint density at radius 1 is 0.194 bits per heavy atom. The van der Waals surface area contributed by atoms with Gasteiger partial charge in [-0.05, 0) is 247 Å². The Morgan fingerprint density at radius 3 is 0.993 bits per heavy atom. The molecule has 676 valence electrons. The third-order valence-corrected chi connectivity index (χ3v) is 35.3. The molecule has 22 aromatic carbocycles. The van der Waals surface area contributed by atoms with E-state index in [1.54, 1.807) is 0 Å². The number of thiophene rings is 4. The second-order valence-corrected chi connectivity index (χ2v) is 43.0. The van der Waals surface area contributed by atoms with E-state index in [-0.39, 0.29) is 5.41 Å². The zero-order chi connectivity index (χ0) is 95.0. The molecule has 0 bridgehead atoms. The van der Waals surface area contributed by atoms with Crippen LogP contribution in [-0.4, -0.2) is 9.13 Å². The quantitative estimate of drug-likeness (QED) is 0.108. The lowest BCUT2D eigenvalue weighted by molar-refractivity contribution is 0.660. The Labute approximate surface area is 849 Å². The number of hydrogen-bond donors (Lipinski definition) is 0. The Morgan fingerprint density at radius 2 is 0.528 bits per heavy atom. The van der Waals surface area contributed by atoms with Gasteiger partial charge in [0.25, 0.3) is 0 Å². The van der Waals surface area contributed by atoms with E-state index >= 15 is 0 Å². The highest BCUT2D eigenvalue weighted by Gasteiger charge is 2.47. The van der Waals surface area contributed by atoms with Crippen molar-refractivity contribution in [1.29, 1.82) is 0 Å². The topological polar surface area (TPSA) is 16.3 Å². The molecule has 0 atom stereocenters. The number of hydrogen-bond acceptors (Lipinski definition) is 6. The normalized spacial score (nSPS) is 12.9. The van der Waals surface area contributed by atoms with Crippen molar-refractivity contribution in [2.45, 2.75) is 24.7 Å². The molecule has 6 heterocycles.